The van der Waals surface area contributed by atoms with E-state index in [1.165, 1.54) is 0 Å². The van der Waals surface area contributed by atoms with Crippen LogP contribution in [-0.4, -0.2) is 18.0 Å². The summed E-state index contributed by atoms with van der Waals surface area (Å²) in [5.41, 5.74) is -0.0243. The minimum Gasteiger partial charge on any atom is -0.349 e. The van der Waals surface area contributed by atoms with Crippen LogP contribution in [0, 0.1) is 0 Å². The molecule has 1 rings (SSSR count). The minimum absolute atomic E-state index is 0.0122. The van der Waals surface area contributed by atoms with Gasteiger partial charge in [0.2, 0.25) is 0 Å². The van der Waals surface area contributed by atoms with Crippen LogP contribution >= 0.6 is 0 Å². The van der Waals surface area contributed by atoms with Crippen molar-refractivity contribution in [1.82, 2.24) is 0 Å². The first-order valence-corrected chi connectivity index (χ1v) is 3.69. The molecule has 1 heterocycles. The molecule has 0 bridgehead atoms. The number of rotatable bonds is 0. The van der Waals surface area contributed by atoms with Gasteiger partial charge < -0.3 is 9.47 Å². The van der Waals surface area contributed by atoms with Gasteiger partial charge in [-0.25, -0.2) is 0 Å². The molecule has 0 spiro atoms. The van der Waals surface area contributed by atoms with Crippen molar-refractivity contribution < 1.29 is 9.47 Å². The summed E-state index contributed by atoms with van der Waals surface area (Å²) < 4.78 is 10.8. The van der Waals surface area contributed by atoms with Crippen molar-refractivity contribution in [3.05, 3.63) is 0 Å². The Morgan fingerprint density at radius 2 is 1.30 bits per heavy atom. The Hall–Kier alpha value is -0.0800. The largest absolute Gasteiger partial charge is 0.349 e. The number of ether oxygens (including phenoxy) is 2. The van der Waals surface area contributed by atoms with Crippen LogP contribution in [-0.2, 0) is 9.47 Å². The predicted octanol–water partition coefficient (Wildman–Crippen LogP) is 1.94. The molecule has 0 amide bonds. The van der Waals surface area contributed by atoms with Crippen LogP contribution in [0.4, 0.5) is 0 Å². The predicted molar refractivity (Wildman–Crippen MR) is 39.8 cm³/mol. The lowest BCUT2D eigenvalue weighted by molar-refractivity contribution is -0.241. The van der Waals surface area contributed by atoms with E-state index in [1.54, 1.807) is 0 Å². The minimum atomic E-state index is -0.0122. The third kappa shape index (κ3) is 1.96. The standard InChI is InChI=1S/C8H16O2/c1-7(2)5-8(3,4)10-6-9-7/h5-6H2,1-4H3. The summed E-state index contributed by atoms with van der Waals surface area (Å²) in [5.74, 6) is 0. The molecular weight excluding hydrogens is 128 g/mol. The zero-order valence-corrected chi connectivity index (χ0v) is 7.23. The fourth-order valence-corrected chi connectivity index (χ4v) is 1.48. The van der Waals surface area contributed by atoms with Gasteiger partial charge in [0.1, 0.15) is 6.79 Å². The third-order valence-electron chi connectivity index (χ3n) is 1.75. The van der Waals surface area contributed by atoms with E-state index in [-0.39, 0.29) is 11.2 Å². The summed E-state index contributed by atoms with van der Waals surface area (Å²) in [4.78, 5) is 0. The third-order valence-corrected chi connectivity index (χ3v) is 1.75. The Labute approximate surface area is 62.5 Å². The summed E-state index contributed by atoms with van der Waals surface area (Å²) in [7, 11) is 0. The van der Waals surface area contributed by atoms with Crippen molar-refractivity contribution in [2.45, 2.75) is 45.3 Å². The van der Waals surface area contributed by atoms with Gasteiger partial charge in [-0.3, -0.25) is 0 Å². The van der Waals surface area contributed by atoms with Gasteiger partial charge in [-0.05, 0) is 27.7 Å². The molecule has 1 fully saturated rings. The lowest BCUT2D eigenvalue weighted by Crippen LogP contribution is -2.43. The van der Waals surface area contributed by atoms with Gasteiger partial charge in [-0.1, -0.05) is 0 Å². The first kappa shape index (κ1) is 8.02. The van der Waals surface area contributed by atoms with E-state index in [2.05, 4.69) is 27.7 Å². The Morgan fingerprint density at radius 3 is 1.50 bits per heavy atom. The molecule has 2 nitrogen and oxygen atoms in total. The van der Waals surface area contributed by atoms with E-state index in [9.17, 15) is 0 Å². The van der Waals surface area contributed by atoms with Gasteiger partial charge in [0.25, 0.3) is 0 Å². The van der Waals surface area contributed by atoms with Crippen LogP contribution in [0.15, 0.2) is 0 Å². The highest BCUT2D eigenvalue weighted by atomic mass is 16.7. The maximum atomic E-state index is 5.38. The van der Waals surface area contributed by atoms with Crippen LogP contribution in [0.1, 0.15) is 34.1 Å². The second-order valence-electron chi connectivity index (χ2n) is 4.10. The van der Waals surface area contributed by atoms with Crippen LogP contribution in [0.2, 0.25) is 0 Å². The van der Waals surface area contributed by atoms with Gasteiger partial charge in [-0.2, -0.15) is 0 Å². The molecule has 1 saturated heterocycles. The van der Waals surface area contributed by atoms with E-state index in [1.807, 2.05) is 0 Å². The van der Waals surface area contributed by atoms with E-state index in [0.717, 1.165) is 6.42 Å². The molecule has 0 aromatic rings. The fraction of sp³-hybridized carbons (Fsp3) is 1.00. The van der Waals surface area contributed by atoms with Crippen molar-refractivity contribution in [3.63, 3.8) is 0 Å². The summed E-state index contributed by atoms with van der Waals surface area (Å²) in [6.07, 6.45) is 0.958. The topological polar surface area (TPSA) is 18.5 Å². The normalized spacial score (nSPS) is 30.0. The maximum absolute atomic E-state index is 5.38. The quantitative estimate of drug-likeness (QED) is 0.517. The molecule has 2 heteroatoms. The maximum Gasteiger partial charge on any atom is 0.148 e. The average molecular weight is 144 g/mol. The molecule has 0 aromatic heterocycles. The zero-order chi connectivity index (χ0) is 7.83. The summed E-state index contributed by atoms with van der Waals surface area (Å²) >= 11 is 0. The van der Waals surface area contributed by atoms with E-state index < -0.39 is 0 Å². The average Bonchev–Trinajstić information content (AvgIpc) is 1.56. The molecule has 10 heavy (non-hydrogen) atoms. The van der Waals surface area contributed by atoms with Gasteiger partial charge in [-0.15, -0.1) is 0 Å². The Balaban J connectivity index is 2.56. The molecule has 1 aliphatic heterocycles. The van der Waals surface area contributed by atoms with Crippen molar-refractivity contribution in [3.8, 4) is 0 Å². The van der Waals surface area contributed by atoms with E-state index >= 15 is 0 Å². The summed E-state index contributed by atoms with van der Waals surface area (Å²) in [6, 6.07) is 0. The van der Waals surface area contributed by atoms with Crippen molar-refractivity contribution in [2.75, 3.05) is 6.79 Å². The Kier molecular flexibility index (Phi) is 1.77. The first-order chi connectivity index (χ1) is 4.41. The lowest BCUT2D eigenvalue weighted by Gasteiger charge is -2.40. The number of hydrogen-bond donors (Lipinski definition) is 0. The highest BCUT2D eigenvalue weighted by Gasteiger charge is 2.34. The molecule has 0 radical (unpaired) electrons. The summed E-state index contributed by atoms with van der Waals surface area (Å²) in [6.45, 7) is 8.81. The second-order valence-corrected chi connectivity index (χ2v) is 4.10. The molecule has 0 atom stereocenters. The molecule has 0 saturated carbocycles. The van der Waals surface area contributed by atoms with Gasteiger partial charge in [0.15, 0.2) is 0 Å². The highest BCUT2D eigenvalue weighted by Crippen LogP contribution is 2.30. The van der Waals surface area contributed by atoms with Crippen molar-refractivity contribution in [2.24, 2.45) is 0 Å². The smallest absolute Gasteiger partial charge is 0.148 e. The molecule has 1 aliphatic rings. The molecule has 60 valence electrons. The van der Waals surface area contributed by atoms with Crippen LogP contribution in [0.3, 0.4) is 0 Å². The van der Waals surface area contributed by atoms with Gasteiger partial charge in [0.05, 0.1) is 11.2 Å². The Morgan fingerprint density at radius 1 is 0.900 bits per heavy atom. The molecular formula is C8H16O2. The number of hydrogen-bond acceptors (Lipinski definition) is 2. The second kappa shape index (κ2) is 2.21. The SMILES string of the molecule is CC1(C)CC(C)(C)OCO1. The molecule has 0 aromatic carbocycles. The van der Waals surface area contributed by atoms with Crippen LogP contribution < -0.4 is 0 Å². The monoisotopic (exact) mass is 144 g/mol. The Bertz CT molecular complexity index is 113. The zero-order valence-electron chi connectivity index (χ0n) is 7.23. The summed E-state index contributed by atoms with van der Waals surface area (Å²) in [5, 5.41) is 0. The van der Waals surface area contributed by atoms with E-state index in [0.29, 0.717) is 6.79 Å². The van der Waals surface area contributed by atoms with Crippen LogP contribution in [0.25, 0.3) is 0 Å². The lowest BCUT2D eigenvalue weighted by atomic mass is 9.91. The highest BCUT2D eigenvalue weighted by molar-refractivity contribution is 4.82. The van der Waals surface area contributed by atoms with Gasteiger partial charge in [0, 0.05) is 6.42 Å². The van der Waals surface area contributed by atoms with Crippen molar-refractivity contribution in [1.29, 1.82) is 0 Å². The van der Waals surface area contributed by atoms with Crippen molar-refractivity contribution >= 4 is 0 Å². The fourth-order valence-electron chi connectivity index (χ4n) is 1.48. The molecule has 0 aliphatic carbocycles. The molecule has 0 unspecified atom stereocenters. The van der Waals surface area contributed by atoms with Gasteiger partial charge >= 0.3 is 0 Å². The molecule has 0 N–H and O–H groups in total. The van der Waals surface area contributed by atoms with Crippen LogP contribution in [0.5, 0.6) is 0 Å². The first-order valence-electron chi connectivity index (χ1n) is 3.69. The van der Waals surface area contributed by atoms with E-state index in [4.69, 9.17) is 9.47 Å².